The Kier molecular flexibility index (Phi) is 7.58. The summed E-state index contributed by atoms with van der Waals surface area (Å²) in [5.41, 5.74) is 1.50. The monoisotopic (exact) mass is 539 g/mol. The highest BCUT2D eigenvalue weighted by Crippen LogP contribution is 2.66. The van der Waals surface area contributed by atoms with Crippen molar-refractivity contribution >= 4 is 40.6 Å². The van der Waals surface area contributed by atoms with Crippen LogP contribution in [0.5, 0.6) is 0 Å². The molecule has 2 bridgehead atoms. The Morgan fingerprint density at radius 2 is 2.11 bits per heavy atom. The van der Waals surface area contributed by atoms with Gasteiger partial charge >= 0.3 is 5.97 Å². The van der Waals surface area contributed by atoms with Gasteiger partial charge in [0.15, 0.2) is 0 Å². The third kappa shape index (κ3) is 4.31. The van der Waals surface area contributed by atoms with Crippen LogP contribution in [0.2, 0.25) is 0 Å². The van der Waals surface area contributed by atoms with E-state index in [0.29, 0.717) is 12.8 Å². The van der Waals surface area contributed by atoms with E-state index in [1.165, 1.54) is 4.90 Å². The summed E-state index contributed by atoms with van der Waals surface area (Å²) >= 11 is 1.58. The number of β-amino-alcohol motifs (C(OH)–C–C–N with tert-alkyl or cyclic N) is 1. The third-order valence-electron chi connectivity index (χ3n) is 7.83. The fourth-order valence-corrected chi connectivity index (χ4v) is 8.48. The predicted octanol–water partition coefficient (Wildman–Crippen LogP) is 2.00. The number of para-hydroxylation sites is 1. The van der Waals surface area contributed by atoms with E-state index < -0.39 is 22.6 Å². The van der Waals surface area contributed by atoms with Crippen molar-refractivity contribution in [3.8, 4) is 0 Å². The maximum Gasteiger partial charge on any atom is 0.310 e. The SMILES string of the molecule is C=CCCCOC(=O)[C@@H]1[C@@H]2CCC3(S2)C(C(=O)N(CC=C)Cn2nnc4ccccc42)N(CCO)C(=O)[C@H]13. The number of allylic oxidation sites excluding steroid dienone is 1. The molecule has 0 saturated carbocycles. The second-order valence-corrected chi connectivity index (χ2v) is 11.6. The Morgan fingerprint density at radius 1 is 1.29 bits per heavy atom. The zero-order chi connectivity index (χ0) is 26.9. The van der Waals surface area contributed by atoms with Crippen LogP contribution in [-0.2, 0) is 25.8 Å². The smallest absolute Gasteiger partial charge is 0.310 e. The van der Waals surface area contributed by atoms with E-state index in [1.54, 1.807) is 33.5 Å². The summed E-state index contributed by atoms with van der Waals surface area (Å²) < 4.78 is 6.48. The average molecular weight is 540 g/mol. The van der Waals surface area contributed by atoms with Gasteiger partial charge in [-0.1, -0.05) is 29.5 Å². The molecule has 202 valence electrons. The van der Waals surface area contributed by atoms with Gasteiger partial charge in [0.25, 0.3) is 0 Å². The van der Waals surface area contributed by atoms with Gasteiger partial charge in [0.2, 0.25) is 11.8 Å². The molecule has 5 rings (SSSR count). The molecule has 10 nitrogen and oxygen atoms in total. The Balaban J connectivity index is 1.44. The van der Waals surface area contributed by atoms with E-state index in [4.69, 9.17) is 4.74 Å². The maximum atomic E-state index is 14.3. The van der Waals surface area contributed by atoms with Gasteiger partial charge in [-0.2, -0.15) is 0 Å². The van der Waals surface area contributed by atoms with Crippen LogP contribution in [-0.4, -0.2) is 90.0 Å². The quantitative estimate of drug-likeness (QED) is 0.247. The molecule has 1 N–H and O–H groups in total. The van der Waals surface area contributed by atoms with Gasteiger partial charge in [-0.3, -0.25) is 14.4 Å². The highest BCUT2D eigenvalue weighted by atomic mass is 32.2. The van der Waals surface area contributed by atoms with E-state index in [1.807, 2.05) is 24.3 Å². The summed E-state index contributed by atoms with van der Waals surface area (Å²) in [6, 6.07) is 6.69. The Labute approximate surface area is 225 Å². The third-order valence-corrected chi connectivity index (χ3v) is 9.78. The molecule has 1 aromatic carbocycles. The first-order valence-electron chi connectivity index (χ1n) is 13.0. The van der Waals surface area contributed by atoms with Crippen LogP contribution in [0.4, 0.5) is 0 Å². The van der Waals surface area contributed by atoms with Crippen molar-refractivity contribution in [3.63, 3.8) is 0 Å². The molecule has 0 aliphatic carbocycles. The number of likely N-dealkylation sites (tertiary alicyclic amines) is 1. The number of benzene rings is 1. The van der Waals surface area contributed by atoms with Crippen molar-refractivity contribution < 1.29 is 24.2 Å². The van der Waals surface area contributed by atoms with Crippen molar-refractivity contribution in [2.24, 2.45) is 11.8 Å². The van der Waals surface area contributed by atoms with Crippen LogP contribution in [0, 0.1) is 11.8 Å². The molecular formula is C27H33N5O5S. The van der Waals surface area contributed by atoms with Gasteiger partial charge in [-0.05, 0) is 37.8 Å². The summed E-state index contributed by atoms with van der Waals surface area (Å²) in [7, 11) is 0. The number of aliphatic hydroxyl groups excluding tert-OH is 1. The lowest BCUT2D eigenvalue weighted by atomic mass is 9.71. The van der Waals surface area contributed by atoms with Crippen LogP contribution < -0.4 is 0 Å². The summed E-state index contributed by atoms with van der Waals surface area (Å²) in [5.74, 6) is -2.14. The maximum absolute atomic E-state index is 14.3. The van der Waals surface area contributed by atoms with Gasteiger partial charge in [-0.15, -0.1) is 30.0 Å². The van der Waals surface area contributed by atoms with Gasteiger partial charge < -0.3 is 19.6 Å². The lowest BCUT2D eigenvalue weighted by Gasteiger charge is -2.37. The number of nitrogens with zero attached hydrogens (tertiary/aromatic N) is 5. The number of ether oxygens (including phenoxy) is 1. The Hall–Kier alpha value is -3.18. The molecule has 3 aliphatic rings. The van der Waals surface area contributed by atoms with E-state index >= 15 is 0 Å². The molecular weight excluding hydrogens is 506 g/mol. The second-order valence-electron chi connectivity index (χ2n) is 9.98. The summed E-state index contributed by atoms with van der Waals surface area (Å²) in [6.07, 6.45) is 6.20. The Morgan fingerprint density at radius 3 is 2.87 bits per heavy atom. The van der Waals surface area contributed by atoms with Crippen LogP contribution >= 0.6 is 11.8 Å². The van der Waals surface area contributed by atoms with Gasteiger partial charge in [0.05, 0.1) is 35.3 Å². The van der Waals surface area contributed by atoms with Gasteiger partial charge in [0, 0.05) is 18.3 Å². The van der Waals surface area contributed by atoms with Crippen LogP contribution in [0.25, 0.3) is 11.0 Å². The number of unbranched alkanes of at least 4 members (excludes halogenated alkanes) is 1. The standard InChI is InChI=1S/C27H33N5O5S/c1-3-5-8-16-37-26(36)21-20-11-12-27(38-20)22(21)24(34)31(14-15-33)23(27)25(35)30(13-4-2)17-32-19-10-7-6-9-18(19)28-29-32/h3-4,6-7,9-10,20-23,33H,1-2,5,8,11-17H2/t20-,21+,22-,23?,27?/m0/s1. The Bertz CT molecular complexity index is 1250. The normalized spacial score (nSPS) is 27.5. The van der Waals surface area contributed by atoms with E-state index in [2.05, 4.69) is 23.5 Å². The van der Waals surface area contributed by atoms with E-state index in [-0.39, 0.29) is 56.0 Å². The number of esters is 1. The summed E-state index contributed by atoms with van der Waals surface area (Å²) in [4.78, 5) is 44.4. The summed E-state index contributed by atoms with van der Waals surface area (Å²) in [5, 5.41) is 18.2. The van der Waals surface area contributed by atoms with Crippen molar-refractivity contribution in [3.05, 3.63) is 49.6 Å². The van der Waals surface area contributed by atoms with Crippen molar-refractivity contribution in [1.82, 2.24) is 24.8 Å². The number of hydrogen-bond acceptors (Lipinski definition) is 8. The van der Waals surface area contributed by atoms with Crippen molar-refractivity contribution in [1.29, 1.82) is 0 Å². The number of carbonyl (C=O) groups excluding carboxylic acids is 3. The number of aromatic nitrogens is 3. The molecule has 38 heavy (non-hydrogen) atoms. The predicted molar refractivity (Wildman–Crippen MR) is 143 cm³/mol. The first-order valence-corrected chi connectivity index (χ1v) is 13.9. The summed E-state index contributed by atoms with van der Waals surface area (Å²) in [6.45, 7) is 7.91. The van der Waals surface area contributed by atoms with Crippen molar-refractivity contribution in [2.75, 3.05) is 26.3 Å². The number of carbonyl (C=O) groups is 3. The molecule has 1 spiro atoms. The number of aliphatic hydroxyl groups is 1. The molecule has 11 heteroatoms. The number of thioether (sulfide) groups is 1. The molecule has 2 amide bonds. The number of fused-ring (bicyclic) bond motifs is 2. The molecule has 5 atom stereocenters. The largest absolute Gasteiger partial charge is 0.465 e. The molecule has 0 radical (unpaired) electrons. The second kappa shape index (κ2) is 10.9. The molecule has 4 heterocycles. The lowest BCUT2D eigenvalue weighted by Crippen LogP contribution is -2.55. The first kappa shape index (κ1) is 26.4. The van der Waals surface area contributed by atoms with Crippen LogP contribution in [0.1, 0.15) is 25.7 Å². The van der Waals surface area contributed by atoms with Crippen LogP contribution in [0.3, 0.4) is 0 Å². The molecule has 3 aliphatic heterocycles. The van der Waals surface area contributed by atoms with Gasteiger partial charge in [-0.25, -0.2) is 4.68 Å². The zero-order valence-corrected chi connectivity index (χ0v) is 22.1. The van der Waals surface area contributed by atoms with Crippen molar-refractivity contribution in [2.45, 2.75) is 48.4 Å². The fourth-order valence-electron chi connectivity index (χ4n) is 6.27. The molecule has 2 aromatic rings. The topological polar surface area (TPSA) is 118 Å². The molecule has 1 aromatic heterocycles. The number of rotatable bonds is 12. The highest BCUT2D eigenvalue weighted by Gasteiger charge is 2.74. The molecule has 3 saturated heterocycles. The first-order chi connectivity index (χ1) is 18.5. The van der Waals surface area contributed by atoms with Gasteiger partial charge in [0.1, 0.15) is 18.2 Å². The average Bonchev–Trinajstić information content (AvgIpc) is 3.66. The van der Waals surface area contributed by atoms with E-state index in [0.717, 1.165) is 23.9 Å². The minimum absolute atomic E-state index is 0.0218. The molecule has 2 unspecified atom stereocenters. The van der Waals surface area contributed by atoms with Crippen LogP contribution in [0.15, 0.2) is 49.6 Å². The minimum Gasteiger partial charge on any atom is -0.465 e. The molecule has 3 fully saturated rings. The highest BCUT2D eigenvalue weighted by molar-refractivity contribution is 8.02. The lowest BCUT2D eigenvalue weighted by molar-refractivity contribution is -0.154. The number of amides is 2. The zero-order valence-electron chi connectivity index (χ0n) is 21.3. The van der Waals surface area contributed by atoms with E-state index in [9.17, 15) is 19.5 Å². The number of hydrogen-bond donors (Lipinski definition) is 1. The minimum atomic E-state index is -0.810. The fraction of sp³-hybridized carbons (Fsp3) is 0.519.